The highest BCUT2D eigenvalue weighted by Crippen LogP contribution is 2.47. The highest BCUT2D eigenvalue weighted by molar-refractivity contribution is 7.59. The van der Waals surface area contributed by atoms with Crippen LogP contribution in [0.1, 0.15) is 34.1 Å². The summed E-state index contributed by atoms with van der Waals surface area (Å²) >= 11 is 0. The van der Waals surface area contributed by atoms with Crippen LogP contribution in [0.25, 0.3) is 0 Å². The first-order chi connectivity index (χ1) is 7.93. The van der Waals surface area contributed by atoms with Gasteiger partial charge in [0.1, 0.15) is 0 Å². The Hall–Kier alpha value is -0.600. The van der Waals surface area contributed by atoms with Gasteiger partial charge in [-0.2, -0.15) is 0 Å². The summed E-state index contributed by atoms with van der Waals surface area (Å²) < 4.78 is 22.5. The van der Waals surface area contributed by atoms with E-state index in [9.17, 15) is 9.36 Å². The number of hydrogen-bond donors (Lipinski definition) is 0. The zero-order chi connectivity index (χ0) is 13.3. The van der Waals surface area contributed by atoms with Gasteiger partial charge in [-0.25, -0.2) is 0 Å². The Kier molecular flexibility index (Phi) is 8.19. The highest BCUT2D eigenvalue weighted by atomic mass is 31.2. The summed E-state index contributed by atoms with van der Waals surface area (Å²) in [4.78, 5) is 11.2. The van der Waals surface area contributed by atoms with Crippen molar-refractivity contribution in [1.29, 1.82) is 0 Å². The molecule has 0 aromatic heterocycles. The minimum Gasteiger partial charge on any atom is -0.466 e. The van der Waals surface area contributed by atoms with E-state index in [1.54, 1.807) is 13.8 Å². The van der Waals surface area contributed by atoms with Crippen molar-refractivity contribution in [1.82, 2.24) is 0 Å². The number of allylic oxidation sites excluding steroid dienone is 2. The van der Waals surface area contributed by atoms with Gasteiger partial charge in [-0.1, -0.05) is 11.6 Å². The fourth-order valence-corrected chi connectivity index (χ4v) is 3.31. The van der Waals surface area contributed by atoms with E-state index in [4.69, 9.17) is 9.26 Å². The van der Waals surface area contributed by atoms with Crippen LogP contribution < -0.4 is 0 Å². The molecule has 0 saturated heterocycles. The van der Waals surface area contributed by atoms with E-state index in [0.717, 1.165) is 5.57 Å². The summed E-state index contributed by atoms with van der Waals surface area (Å²) in [7, 11) is -2.73. The van der Waals surface area contributed by atoms with Gasteiger partial charge in [-0.15, -0.1) is 0 Å². The van der Waals surface area contributed by atoms with Gasteiger partial charge in [0.25, 0.3) is 0 Å². The maximum absolute atomic E-state index is 12.4. The second-order valence-corrected chi connectivity index (χ2v) is 6.67. The van der Waals surface area contributed by atoms with E-state index >= 15 is 0 Å². The highest BCUT2D eigenvalue weighted by Gasteiger charge is 2.22. The first kappa shape index (κ1) is 16.4. The van der Waals surface area contributed by atoms with Gasteiger partial charge < -0.3 is 9.26 Å². The summed E-state index contributed by atoms with van der Waals surface area (Å²) in [6.07, 6.45) is 2.69. The summed E-state index contributed by atoms with van der Waals surface area (Å²) in [5, 5.41) is 0. The third-order valence-corrected chi connectivity index (χ3v) is 4.48. The van der Waals surface area contributed by atoms with Crippen molar-refractivity contribution in [3.05, 3.63) is 11.6 Å². The minimum absolute atomic E-state index is 0.154. The fourth-order valence-electron chi connectivity index (χ4n) is 1.26. The Morgan fingerprint density at radius 1 is 1.24 bits per heavy atom. The van der Waals surface area contributed by atoms with Gasteiger partial charge in [0, 0.05) is 12.3 Å². The van der Waals surface area contributed by atoms with Crippen molar-refractivity contribution in [2.24, 2.45) is 0 Å². The van der Waals surface area contributed by atoms with Gasteiger partial charge in [0.2, 0.25) is 7.37 Å². The van der Waals surface area contributed by atoms with E-state index in [1.165, 1.54) is 0 Å². The van der Waals surface area contributed by atoms with Crippen LogP contribution in [0, 0.1) is 0 Å². The molecule has 0 radical (unpaired) electrons. The Bertz CT molecular complexity index is 306. The lowest BCUT2D eigenvalue weighted by atomic mass is 10.3. The number of rotatable bonds is 8. The van der Waals surface area contributed by atoms with Crippen LogP contribution in [-0.2, 0) is 18.6 Å². The Morgan fingerprint density at radius 3 is 2.35 bits per heavy atom. The van der Waals surface area contributed by atoms with Crippen LogP contribution in [0.5, 0.6) is 0 Å². The molecular formula is C12H23O4P. The van der Waals surface area contributed by atoms with Gasteiger partial charge in [0.15, 0.2) is 0 Å². The molecule has 0 fully saturated rings. The van der Waals surface area contributed by atoms with E-state index in [0.29, 0.717) is 19.4 Å². The zero-order valence-corrected chi connectivity index (χ0v) is 12.1. The summed E-state index contributed by atoms with van der Waals surface area (Å²) in [6.45, 7) is 8.20. The maximum atomic E-state index is 12.4. The third-order valence-electron chi connectivity index (χ3n) is 2.10. The monoisotopic (exact) mass is 262 g/mol. The average molecular weight is 262 g/mol. The molecule has 0 spiro atoms. The largest absolute Gasteiger partial charge is 0.466 e. The lowest BCUT2D eigenvalue weighted by Crippen LogP contribution is -2.08. The van der Waals surface area contributed by atoms with Gasteiger partial charge in [-0.05, 0) is 27.7 Å². The predicted molar refractivity (Wildman–Crippen MR) is 69.6 cm³/mol. The standard InChI is InChI=1S/C12H23O4P/c1-5-15-12(13)8-10-17(14,16-6-2)9-7-11(3)4/h7H,5-6,8-10H2,1-4H3. The van der Waals surface area contributed by atoms with Crippen molar-refractivity contribution in [3.63, 3.8) is 0 Å². The van der Waals surface area contributed by atoms with Crippen LogP contribution in [-0.4, -0.2) is 31.5 Å². The zero-order valence-electron chi connectivity index (χ0n) is 11.2. The SMILES string of the molecule is CCOC(=O)CCP(=O)(CC=C(C)C)OCC. The molecule has 5 heteroatoms. The first-order valence-corrected chi connectivity index (χ1v) is 7.94. The number of carbonyl (C=O) groups excluding carboxylic acids is 1. The molecule has 0 aromatic rings. The van der Waals surface area contributed by atoms with Crippen LogP contribution in [0.4, 0.5) is 0 Å². The molecule has 0 amide bonds. The molecule has 4 nitrogen and oxygen atoms in total. The second-order valence-electron chi connectivity index (χ2n) is 3.97. The minimum atomic E-state index is -2.73. The molecule has 0 aliphatic heterocycles. The van der Waals surface area contributed by atoms with Crippen molar-refractivity contribution < 1.29 is 18.6 Å². The molecule has 0 heterocycles. The third kappa shape index (κ3) is 8.17. The first-order valence-electron chi connectivity index (χ1n) is 5.95. The lowest BCUT2D eigenvalue weighted by molar-refractivity contribution is -0.142. The van der Waals surface area contributed by atoms with Crippen molar-refractivity contribution in [2.45, 2.75) is 34.1 Å². The number of carbonyl (C=O) groups is 1. The summed E-state index contributed by atoms with van der Waals surface area (Å²) in [6, 6.07) is 0. The Balaban J connectivity index is 4.35. The maximum Gasteiger partial charge on any atom is 0.306 e. The molecule has 1 unspecified atom stereocenters. The molecule has 0 rings (SSSR count). The van der Waals surface area contributed by atoms with Gasteiger partial charge in [-0.3, -0.25) is 9.36 Å². The van der Waals surface area contributed by atoms with Crippen LogP contribution in [0.2, 0.25) is 0 Å². The van der Waals surface area contributed by atoms with Gasteiger partial charge in [0.05, 0.1) is 19.6 Å². The fraction of sp³-hybridized carbons (Fsp3) is 0.750. The Labute approximate surface area is 104 Å². The topological polar surface area (TPSA) is 52.6 Å². The van der Waals surface area contributed by atoms with Crippen molar-refractivity contribution in [2.75, 3.05) is 25.5 Å². The number of hydrogen-bond acceptors (Lipinski definition) is 4. The van der Waals surface area contributed by atoms with Gasteiger partial charge >= 0.3 is 5.97 Å². The molecule has 0 aromatic carbocycles. The normalized spacial score (nSPS) is 13.9. The quantitative estimate of drug-likeness (QED) is 0.383. The number of ether oxygens (including phenoxy) is 1. The lowest BCUT2D eigenvalue weighted by Gasteiger charge is -2.15. The van der Waals surface area contributed by atoms with Crippen LogP contribution in [0.3, 0.4) is 0 Å². The smallest absolute Gasteiger partial charge is 0.306 e. The summed E-state index contributed by atoms with van der Waals surface area (Å²) in [5.74, 6) is -0.315. The second kappa shape index (κ2) is 8.48. The van der Waals surface area contributed by atoms with E-state index in [1.807, 2.05) is 19.9 Å². The molecule has 100 valence electrons. The molecule has 0 aliphatic rings. The molecule has 0 saturated carbocycles. The van der Waals surface area contributed by atoms with E-state index in [-0.39, 0.29) is 18.6 Å². The molecule has 17 heavy (non-hydrogen) atoms. The average Bonchev–Trinajstić information content (AvgIpc) is 2.25. The van der Waals surface area contributed by atoms with Crippen LogP contribution in [0.15, 0.2) is 11.6 Å². The van der Waals surface area contributed by atoms with Crippen molar-refractivity contribution >= 4 is 13.3 Å². The molecule has 0 N–H and O–H groups in total. The summed E-state index contributed by atoms with van der Waals surface area (Å²) in [5.41, 5.74) is 1.10. The van der Waals surface area contributed by atoms with E-state index < -0.39 is 7.37 Å². The molecule has 1 atom stereocenters. The Morgan fingerprint density at radius 2 is 1.88 bits per heavy atom. The van der Waals surface area contributed by atoms with Crippen LogP contribution >= 0.6 is 7.37 Å². The molecule has 0 bridgehead atoms. The molecular weight excluding hydrogens is 239 g/mol. The van der Waals surface area contributed by atoms with Crippen molar-refractivity contribution in [3.8, 4) is 0 Å². The predicted octanol–water partition coefficient (Wildman–Crippen LogP) is 3.22. The molecule has 0 aliphatic carbocycles. The number of esters is 1. The van der Waals surface area contributed by atoms with E-state index in [2.05, 4.69) is 0 Å².